The van der Waals surface area contributed by atoms with Crippen molar-refractivity contribution >= 4 is 29.7 Å². The maximum Gasteiger partial charge on any atom is 0.514 e. The number of allylic oxidation sites excluding steroid dienone is 4. The molecule has 19 nitrogen and oxygen atoms in total. The zero-order valence-corrected chi connectivity index (χ0v) is 33.5. The number of aliphatic hydroxyl groups excluding tert-OH is 1. The molecule has 0 spiro atoms. The van der Waals surface area contributed by atoms with Gasteiger partial charge in [-0.2, -0.15) is 0 Å². The van der Waals surface area contributed by atoms with E-state index >= 15 is 4.39 Å². The number of fused-ring (bicyclic) bond motifs is 5. The second-order valence-electron chi connectivity index (χ2n) is 16.2. The second-order valence-corrected chi connectivity index (χ2v) is 16.2. The van der Waals surface area contributed by atoms with E-state index in [1.165, 1.54) is 42.5 Å². The van der Waals surface area contributed by atoms with Gasteiger partial charge in [0.25, 0.3) is 10.2 Å². The Morgan fingerprint density at radius 2 is 1.63 bits per heavy atom. The van der Waals surface area contributed by atoms with E-state index in [2.05, 4.69) is 9.68 Å². The Bertz CT molecular complexity index is 1910. The van der Waals surface area contributed by atoms with E-state index in [-0.39, 0.29) is 63.3 Å². The summed E-state index contributed by atoms with van der Waals surface area (Å²) in [5.41, 5.74) is 0.119. The number of carbonyl (C=O) groups is 5. The second kappa shape index (κ2) is 18.4. The van der Waals surface area contributed by atoms with Crippen molar-refractivity contribution < 1.29 is 72.3 Å². The highest BCUT2D eigenvalue weighted by atomic mass is 19.1. The van der Waals surface area contributed by atoms with E-state index in [0.717, 1.165) is 0 Å². The number of rotatable bonds is 19. The molecule has 1 aromatic carbocycles. The first-order valence-electron chi connectivity index (χ1n) is 19.7. The molecule has 0 radical (unpaired) electrons. The predicted molar refractivity (Wildman–Crippen MR) is 202 cm³/mol. The molecule has 0 aromatic heterocycles. The molecule has 0 amide bonds. The number of benzene rings is 1. The predicted octanol–water partition coefficient (Wildman–Crippen LogP) is 4.06. The summed E-state index contributed by atoms with van der Waals surface area (Å²) in [5, 5.41) is 30.8. The molecule has 3 N–H and O–H groups in total. The number of esters is 2. The van der Waals surface area contributed by atoms with Crippen LogP contribution < -0.4 is 10.5 Å². The van der Waals surface area contributed by atoms with Gasteiger partial charge in [0.1, 0.15) is 11.8 Å². The maximum absolute atomic E-state index is 17.8. The van der Waals surface area contributed by atoms with Crippen molar-refractivity contribution in [3.8, 4) is 5.75 Å². The summed E-state index contributed by atoms with van der Waals surface area (Å²) in [5.74, 6) is -4.92. The van der Waals surface area contributed by atoms with E-state index in [4.69, 9.17) is 24.7 Å². The number of Topliss-reactive ketones (excluding diaryl/α,β-unsaturated/α-hetero) is 1. The van der Waals surface area contributed by atoms with Crippen LogP contribution in [0.15, 0.2) is 48.1 Å². The van der Waals surface area contributed by atoms with Crippen LogP contribution in [0.25, 0.3) is 0 Å². The fourth-order valence-corrected chi connectivity index (χ4v) is 10.00. The lowest BCUT2D eigenvalue weighted by molar-refractivity contribution is -0.757. The standard InChI is InChI=1S/C40H50FN3O16/c1-24-19-30-29-13-10-26-21-27(45)14-15-37(26,2)39(29,41)32(46)22-38(30,3)40(24,60-34(48)7-6-18-58-44(53)54)33(47)23-56-36(50)59-28-11-8-25(9-12-28)20-31(42)35(49)55-16-4-5-17-57-43(51)52/h8-9,11-12,14-15,21,24,29-32,46H,4-7,10,13,16-20,22-23,42H2,1-3H3/t24-,29?,30?,31+,32+,37+,38+,39+,40+/m1/s1. The number of nitrogens with zero attached hydrogens (tertiary/aromatic N) is 2. The molecule has 4 aliphatic rings. The summed E-state index contributed by atoms with van der Waals surface area (Å²) in [6, 6.07) is 4.84. The number of aliphatic hydroxyl groups is 1. The van der Waals surface area contributed by atoms with E-state index in [0.29, 0.717) is 30.4 Å². The van der Waals surface area contributed by atoms with Gasteiger partial charge in [-0.1, -0.05) is 37.6 Å². The van der Waals surface area contributed by atoms with Crippen molar-refractivity contribution in [2.75, 3.05) is 26.4 Å². The smallest absolute Gasteiger partial charge is 0.465 e. The SMILES string of the molecule is C[C@@H]1CC2C3CCC4=CC(=O)C=C[C@]4(C)[C@@]3(F)[C@@H](O)C[C@]2(C)[C@@]1(OC(=O)CCCO[N+](=O)[O-])C(=O)COC(=O)Oc1ccc(C[C@H](N)C(=O)OCCCCO[N+](=O)[O-])cc1. The number of hydrogen-bond acceptors (Lipinski definition) is 17. The molecule has 2 unspecified atom stereocenters. The van der Waals surface area contributed by atoms with Crippen molar-refractivity contribution in [1.82, 2.24) is 0 Å². The molecule has 0 bridgehead atoms. The number of alkyl halides is 1. The Morgan fingerprint density at radius 1 is 0.983 bits per heavy atom. The lowest BCUT2D eigenvalue weighted by Crippen LogP contribution is -2.70. The first-order chi connectivity index (χ1) is 28.3. The molecule has 60 heavy (non-hydrogen) atoms. The van der Waals surface area contributed by atoms with Crippen LogP contribution >= 0.6 is 0 Å². The Labute approximate surface area is 343 Å². The van der Waals surface area contributed by atoms with Crippen LogP contribution in [0.3, 0.4) is 0 Å². The minimum Gasteiger partial charge on any atom is -0.465 e. The van der Waals surface area contributed by atoms with Gasteiger partial charge in [0.05, 0.1) is 25.9 Å². The maximum atomic E-state index is 17.8. The van der Waals surface area contributed by atoms with Crippen molar-refractivity contribution in [2.24, 2.45) is 34.3 Å². The van der Waals surface area contributed by atoms with Gasteiger partial charge in [0.2, 0.25) is 5.78 Å². The van der Waals surface area contributed by atoms with Crippen LogP contribution in [0.5, 0.6) is 5.75 Å². The topological polar surface area (TPSA) is 273 Å². The highest BCUT2D eigenvalue weighted by Gasteiger charge is 2.77. The summed E-state index contributed by atoms with van der Waals surface area (Å²) in [6.45, 7) is 3.48. The van der Waals surface area contributed by atoms with E-state index in [9.17, 15) is 49.3 Å². The van der Waals surface area contributed by atoms with Gasteiger partial charge in [0, 0.05) is 29.1 Å². The van der Waals surface area contributed by atoms with Gasteiger partial charge < -0.3 is 39.5 Å². The van der Waals surface area contributed by atoms with Gasteiger partial charge in [-0.25, -0.2) is 9.18 Å². The third-order valence-electron chi connectivity index (χ3n) is 12.8. The molecule has 3 fully saturated rings. The Kier molecular flexibility index (Phi) is 14.0. The molecule has 1 aromatic rings. The monoisotopic (exact) mass is 847 g/mol. The van der Waals surface area contributed by atoms with Crippen LogP contribution in [0.2, 0.25) is 0 Å². The van der Waals surface area contributed by atoms with E-state index in [1.807, 2.05) is 0 Å². The van der Waals surface area contributed by atoms with Gasteiger partial charge in [-0.15, -0.1) is 20.2 Å². The Hall–Kier alpha value is -5.50. The molecular weight excluding hydrogens is 797 g/mol. The van der Waals surface area contributed by atoms with Crippen molar-refractivity contribution in [3.05, 3.63) is 73.9 Å². The number of ether oxygens (including phenoxy) is 4. The van der Waals surface area contributed by atoms with Crippen LogP contribution in [0.1, 0.15) is 77.7 Å². The summed E-state index contributed by atoms with van der Waals surface area (Å²) < 4.78 is 39.6. The number of hydrogen-bond donors (Lipinski definition) is 2. The summed E-state index contributed by atoms with van der Waals surface area (Å²) >= 11 is 0. The molecule has 4 aliphatic carbocycles. The van der Waals surface area contributed by atoms with Crippen LogP contribution in [0, 0.1) is 48.8 Å². The lowest BCUT2D eigenvalue weighted by atomic mass is 9.44. The fourth-order valence-electron chi connectivity index (χ4n) is 10.00. The average molecular weight is 848 g/mol. The van der Waals surface area contributed by atoms with Gasteiger partial charge in [-0.05, 0) is 94.1 Å². The van der Waals surface area contributed by atoms with Gasteiger partial charge in [-0.3, -0.25) is 19.2 Å². The zero-order chi connectivity index (χ0) is 44.0. The minimum atomic E-state index is -2.25. The van der Waals surface area contributed by atoms with Crippen molar-refractivity contribution in [3.63, 3.8) is 0 Å². The van der Waals surface area contributed by atoms with Gasteiger partial charge in [0.15, 0.2) is 23.7 Å². The zero-order valence-electron chi connectivity index (χ0n) is 33.5. The van der Waals surface area contributed by atoms with Crippen LogP contribution in [0.4, 0.5) is 9.18 Å². The Morgan fingerprint density at radius 3 is 2.30 bits per heavy atom. The average Bonchev–Trinajstić information content (AvgIpc) is 3.40. The molecule has 3 saturated carbocycles. The molecule has 20 heteroatoms. The van der Waals surface area contributed by atoms with E-state index < -0.39 is 99.3 Å². The minimum absolute atomic E-state index is 0.00452. The number of ketones is 2. The highest BCUT2D eigenvalue weighted by Crippen LogP contribution is 2.71. The van der Waals surface area contributed by atoms with Crippen LogP contribution in [-0.2, 0) is 49.5 Å². The van der Waals surface area contributed by atoms with Crippen molar-refractivity contribution in [1.29, 1.82) is 0 Å². The molecule has 328 valence electrons. The number of carbonyl (C=O) groups excluding carboxylic acids is 5. The first kappa shape index (κ1) is 45.6. The lowest BCUT2D eigenvalue weighted by Gasteiger charge is -2.62. The third-order valence-corrected chi connectivity index (χ3v) is 12.8. The number of unbranched alkanes of at least 4 members (excludes halogenated alkanes) is 1. The first-order valence-corrected chi connectivity index (χ1v) is 19.7. The van der Waals surface area contributed by atoms with Crippen LogP contribution in [-0.4, -0.2) is 94.8 Å². The molecular formula is C40H50FN3O16. The number of nitrogens with two attached hydrogens (primary N) is 1. The third kappa shape index (κ3) is 8.98. The fraction of sp³-hybridized carbons (Fsp3) is 0.625. The molecule has 0 saturated heterocycles. The molecule has 9 atom stereocenters. The molecule has 0 heterocycles. The van der Waals surface area contributed by atoms with E-state index in [1.54, 1.807) is 20.8 Å². The summed E-state index contributed by atoms with van der Waals surface area (Å²) in [4.78, 5) is 94.8. The van der Waals surface area contributed by atoms with Gasteiger partial charge >= 0.3 is 18.1 Å². The normalized spacial score (nSPS) is 30.6. The van der Waals surface area contributed by atoms with Crippen molar-refractivity contribution in [2.45, 2.75) is 102 Å². The highest BCUT2D eigenvalue weighted by molar-refractivity contribution is 6.01. The molecule has 0 aliphatic heterocycles. The Balaban J connectivity index is 1.27. The quantitative estimate of drug-likeness (QED) is 0.0496. The molecule has 5 rings (SSSR count). The largest absolute Gasteiger partial charge is 0.514 e. The summed E-state index contributed by atoms with van der Waals surface area (Å²) in [7, 11) is 0. The number of halogens is 1. The summed E-state index contributed by atoms with van der Waals surface area (Å²) in [6.07, 6.45) is 1.89.